The van der Waals surface area contributed by atoms with Crippen LogP contribution in [0, 0.1) is 6.92 Å². The third-order valence-electron chi connectivity index (χ3n) is 7.30. The first-order chi connectivity index (χ1) is 15.7. The number of benzene rings is 3. The van der Waals surface area contributed by atoms with Crippen LogP contribution in [0.25, 0.3) is 11.1 Å². The van der Waals surface area contributed by atoms with Gasteiger partial charge >= 0.3 is 0 Å². The van der Waals surface area contributed by atoms with Crippen LogP contribution in [0.3, 0.4) is 0 Å². The summed E-state index contributed by atoms with van der Waals surface area (Å²) in [5.74, 6) is 0. The van der Waals surface area contributed by atoms with E-state index in [1.54, 1.807) is 16.7 Å². The Hall–Kier alpha value is -2.38. The van der Waals surface area contributed by atoms with Gasteiger partial charge in [0.2, 0.25) is 0 Å². The predicted octanol–water partition coefficient (Wildman–Crippen LogP) is 7.56. The van der Waals surface area contributed by atoms with Gasteiger partial charge in [0.15, 0.2) is 0 Å². The van der Waals surface area contributed by atoms with Crippen LogP contribution in [0.15, 0.2) is 60.7 Å². The first-order valence-corrected chi connectivity index (χ1v) is 12.7. The molecule has 1 aliphatic rings. The third-order valence-corrected chi connectivity index (χ3v) is 7.30. The van der Waals surface area contributed by atoms with E-state index in [9.17, 15) is 0 Å². The molecule has 1 aliphatic heterocycles. The number of aryl methyl sites for hydroxylation is 4. The molecule has 1 fully saturated rings. The molecule has 168 valence electrons. The van der Waals surface area contributed by atoms with Gasteiger partial charge in [0.1, 0.15) is 0 Å². The van der Waals surface area contributed by atoms with Crippen LogP contribution in [-0.2, 0) is 32.2 Å². The van der Waals surface area contributed by atoms with Crippen LogP contribution in [-0.4, -0.2) is 18.0 Å². The fraction of sp³-hybridized carbons (Fsp3) is 0.419. The van der Waals surface area contributed by atoms with Gasteiger partial charge in [-0.3, -0.25) is 4.90 Å². The van der Waals surface area contributed by atoms with Crippen molar-refractivity contribution in [2.24, 2.45) is 0 Å². The van der Waals surface area contributed by atoms with Crippen molar-refractivity contribution in [1.82, 2.24) is 4.90 Å². The molecule has 1 nitrogen and oxygen atoms in total. The minimum atomic E-state index is 1.10. The summed E-state index contributed by atoms with van der Waals surface area (Å²) in [4.78, 5) is 2.68. The zero-order valence-electron chi connectivity index (χ0n) is 20.3. The molecule has 0 aromatic heterocycles. The Morgan fingerprint density at radius 2 is 1.41 bits per heavy atom. The molecule has 0 unspecified atom stereocenters. The topological polar surface area (TPSA) is 3.24 Å². The van der Waals surface area contributed by atoms with Crippen LogP contribution in [0.2, 0.25) is 0 Å². The maximum atomic E-state index is 2.68. The summed E-state index contributed by atoms with van der Waals surface area (Å²) in [6, 6.07) is 22.6. The molecule has 0 aliphatic carbocycles. The number of hydrogen-bond donors (Lipinski definition) is 0. The highest BCUT2D eigenvalue weighted by Gasteiger charge is 2.16. The molecule has 0 atom stereocenters. The SMILES string of the molecule is CCc1cc(CCc2cccc(-c3ccccc3)c2C)cc(CC)c1CN1CCCCC1. The fourth-order valence-corrected chi connectivity index (χ4v) is 5.35. The van der Waals surface area contributed by atoms with Gasteiger partial charge in [0.05, 0.1) is 0 Å². The molecule has 0 bridgehead atoms. The van der Waals surface area contributed by atoms with Gasteiger partial charge in [-0.1, -0.05) is 80.9 Å². The Morgan fingerprint density at radius 3 is 2.06 bits per heavy atom. The lowest BCUT2D eigenvalue weighted by atomic mass is 9.90. The third kappa shape index (κ3) is 5.33. The fourth-order valence-electron chi connectivity index (χ4n) is 5.35. The monoisotopic (exact) mass is 425 g/mol. The van der Waals surface area contributed by atoms with Crippen molar-refractivity contribution in [3.63, 3.8) is 0 Å². The zero-order chi connectivity index (χ0) is 22.3. The summed E-state index contributed by atoms with van der Waals surface area (Å²) in [7, 11) is 0. The van der Waals surface area contributed by atoms with Gasteiger partial charge in [-0.2, -0.15) is 0 Å². The van der Waals surface area contributed by atoms with Crippen molar-refractivity contribution in [2.75, 3.05) is 13.1 Å². The van der Waals surface area contributed by atoms with E-state index in [0.717, 1.165) is 32.2 Å². The highest BCUT2D eigenvalue weighted by molar-refractivity contribution is 5.68. The summed E-state index contributed by atoms with van der Waals surface area (Å²) in [5.41, 5.74) is 11.8. The maximum absolute atomic E-state index is 2.68. The van der Waals surface area contributed by atoms with E-state index in [-0.39, 0.29) is 0 Å². The van der Waals surface area contributed by atoms with Gasteiger partial charge < -0.3 is 0 Å². The Bertz CT molecular complexity index is 987. The standard InChI is InChI=1S/C31H39N/c1-4-26-21-25(22-27(5-2)31(26)23-32-19-10-7-11-20-32)17-18-28-15-12-16-30(24(28)3)29-13-8-6-9-14-29/h6,8-9,12-16,21-22H,4-5,7,10-11,17-20,23H2,1-3H3. The Kier molecular flexibility index (Phi) is 7.81. The summed E-state index contributed by atoms with van der Waals surface area (Å²) in [6.45, 7) is 10.6. The molecule has 3 aromatic rings. The van der Waals surface area contributed by atoms with Crippen LogP contribution in [0.1, 0.15) is 66.5 Å². The van der Waals surface area contributed by atoms with Crippen LogP contribution >= 0.6 is 0 Å². The molecular weight excluding hydrogens is 386 g/mol. The molecule has 3 aromatic carbocycles. The molecule has 0 radical (unpaired) electrons. The summed E-state index contributed by atoms with van der Waals surface area (Å²) in [6.07, 6.45) is 8.61. The van der Waals surface area contributed by atoms with E-state index in [0.29, 0.717) is 0 Å². The molecule has 0 N–H and O–H groups in total. The summed E-state index contributed by atoms with van der Waals surface area (Å²) < 4.78 is 0. The number of piperidine rings is 1. The van der Waals surface area contributed by atoms with E-state index < -0.39 is 0 Å². The maximum Gasteiger partial charge on any atom is 0.0239 e. The second kappa shape index (κ2) is 11.0. The quantitative estimate of drug-likeness (QED) is 0.360. The van der Waals surface area contributed by atoms with E-state index in [1.165, 1.54) is 60.2 Å². The van der Waals surface area contributed by atoms with E-state index >= 15 is 0 Å². The molecule has 4 rings (SSSR count). The molecule has 0 amide bonds. The highest BCUT2D eigenvalue weighted by atomic mass is 15.1. The van der Waals surface area contributed by atoms with Crippen molar-refractivity contribution >= 4 is 0 Å². The Morgan fingerprint density at radius 1 is 0.719 bits per heavy atom. The van der Waals surface area contributed by atoms with Gasteiger partial charge in [-0.15, -0.1) is 0 Å². The Labute approximate surface area is 195 Å². The van der Waals surface area contributed by atoms with Crippen molar-refractivity contribution in [2.45, 2.75) is 72.3 Å². The minimum absolute atomic E-state index is 1.10. The minimum Gasteiger partial charge on any atom is -0.299 e. The molecular formula is C31H39N. The Balaban J connectivity index is 1.53. The van der Waals surface area contributed by atoms with Crippen molar-refractivity contribution < 1.29 is 0 Å². The number of hydrogen-bond acceptors (Lipinski definition) is 1. The predicted molar refractivity (Wildman–Crippen MR) is 138 cm³/mol. The van der Waals surface area contributed by atoms with Crippen molar-refractivity contribution in [3.8, 4) is 11.1 Å². The van der Waals surface area contributed by atoms with Gasteiger partial charge in [-0.05, 0) is 103 Å². The van der Waals surface area contributed by atoms with Gasteiger partial charge in [0.25, 0.3) is 0 Å². The molecule has 1 heteroatoms. The molecule has 1 heterocycles. The average Bonchev–Trinajstić information content (AvgIpc) is 2.85. The van der Waals surface area contributed by atoms with Crippen molar-refractivity contribution in [3.05, 3.63) is 94.0 Å². The average molecular weight is 426 g/mol. The van der Waals surface area contributed by atoms with Gasteiger partial charge in [0, 0.05) is 6.54 Å². The number of nitrogens with zero attached hydrogens (tertiary/aromatic N) is 1. The van der Waals surface area contributed by atoms with Crippen molar-refractivity contribution in [1.29, 1.82) is 0 Å². The largest absolute Gasteiger partial charge is 0.299 e. The first-order valence-electron chi connectivity index (χ1n) is 12.7. The smallest absolute Gasteiger partial charge is 0.0239 e. The number of rotatable bonds is 8. The molecule has 0 spiro atoms. The van der Waals surface area contributed by atoms with Crippen LogP contribution in [0.5, 0.6) is 0 Å². The number of likely N-dealkylation sites (tertiary alicyclic amines) is 1. The normalized spacial score (nSPS) is 14.6. The molecule has 1 saturated heterocycles. The lowest BCUT2D eigenvalue weighted by molar-refractivity contribution is 0.220. The lowest BCUT2D eigenvalue weighted by Crippen LogP contribution is -2.30. The first kappa shape index (κ1) is 22.8. The van der Waals surface area contributed by atoms with Crippen LogP contribution < -0.4 is 0 Å². The van der Waals surface area contributed by atoms with E-state index in [1.807, 2.05) is 0 Å². The van der Waals surface area contributed by atoms with E-state index in [2.05, 4.69) is 86.3 Å². The molecule has 32 heavy (non-hydrogen) atoms. The second-order valence-electron chi connectivity index (χ2n) is 9.39. The zero-order valence-corrected chi connectivity index (χ0v) is 20.3. The summed E-state index contributed by atoms with van der Waals surface area (Å²) >= 11 is 0. The van der Waals surface area contributed by atoms with E-state index in [4.69, 9.17) is 0 Å². The van der Waals surface area contributed by atoms with Crippen LogP contribution in [0.4, 0.5) is 0 Å². The lowest BCUT2D eigenvalue weighted by Gasteiger charge is -2.28. The summed E-state index contributed by atoms with van der Waals surface area (Å²) in [5, 5.41) is 0. The van der Waals surface area contributed by atoms with Gasteiger partial charge in [-0.25, -0.2) is 0 Å². The second-order valence-corrected chi connectivity index (χ2v) is 9.39. The highest BCUT2D eigenvalue weighted by Crippen LogP contribution is 2.28. The molecule has 0 saturated carbocycles.